The molecule has 1 fully saturated rings. The number of nitrogens with one attached hydrogen (secondary N) is 1. The molecular formula is C20H24N2O3S. The Morgan fingerprint density at radius 2 is 1.58 bits per heavy atom. The summed E-state index contributed by atoms with van der Waals surface area (Å²) in [7, 11) is -3.54. The first kappa shape index (κ1) is 18.6. The largest absolute Gasteiger partial charge is 0.343 e. The molecule has 2 aromatic rings. The lowest BCUT2D eigenvalue weighted by atomic mass is 10.1. The van der Waals surface area contributed by atoms with Crippen LogP contribution in [0.4, 0.5) is 0 Å². The van der Waals surface area contributed by atoms with Gasteiger partial charge in [-0.1, -0.05) is 42.5 Å². The van der Waals surface area contributed by atoms with Crippen LogP contribution in [0.3, 0.4) is 0 Å². The molecule has 0 atom stereocenters. The van der Waals surface area contributed by atoms with Gasteiger partial charge in [-0.15, -0.1) is 0 Å². The van der Waals surface area contributed by atoms with E-state index in [1.165, 1.54) is 0 Å². The molecule has 0 unspecified atom stereocenters. The molecule has 1 heterocycles. The fraction of sp³-hybridized carbons (Fsp3) is 0.350. The Kier molecular flexibility index (Phi) is 6.06. The van der Waals surface area contributed by atoms with E-state index in [2.05, 4.69) is 4.72 Å². The summed E-state index contributed by atoms with van der Waals surface area (Å²) in [5, 5.41) is 0. The van der Waals surface area contributed by atoms with Crippen LogP contribution in [0.15, 0.2) is 59.5 Å². The summed E-state index contributed by atoms with van der Waals surface area (Å²) in [5.74, 6) is 0.184. The maximum atomic E-state index is 12.4. The van der Waals surface area contributed by atoms with Crippen molar-refractivity contribution in [2.24, 2.45) is 0 Å². The average molecular weight is 372 g/mol. The number of rotatable bonds is 7. The van der Waals surface area contributed by atoms with Gasteiger partial charge in [0.2, 0.25) is 15.9 Å². The van der Waals surface area contributed by atoms with E-state index in [1.54, 1.807) is 24.3 Å². The molecule has 2 aromatic carbocycles. The number of amides is 1. The van der Waals surface area contributed by atoms with E-state index in [4.69, 9.17) is 0 Å². The molecule has 0 aromatic heterocycles. The van der Waals surface area contributed by atoms with Gasteiger partial charge in [-0.3, -0.25) is 4.79 Å². The number of likely N-dealkylation sites (tertiary alicyclic amines) is 1. The van der Waals surface area contributed by atoms with Crippen LogP contribution in [-0.4, -0.2) is 32.3 Å². The van der Waals surface area contributed by atoms with Crippen LogP contribution in [0.2, 0.25) is 0 Å². The lowest BCUT2D eigenvalue weighted by Gasteiger charge is -2.15. The molecule has 26 heavy (non-hydrogen) atoms. The summed E-state index contributed by atoms with van der Waals surface area (Å²) < 4.78 is 27.4. The number of carbonyl (C=O) groups is 1. The molecule has 1 amide bonds. The highest BCUT2D eigenvalue weighted by molar-refractivity contribution is 7.89. The van der Waals surface area contributed by atoms with Crippen LogP contribution >= 0.6 is 0 Å². The zero-order valence-electron chi connectivity index (χ0n) is 14.7. The normalized spacial score (nSPS) is 14.5. The first-order valence-corrected chi connectivity index (χ1v) is 10.4. The summed E-state index contributed by atoms with van der Waals surface area (Å²) in [6, 6.07) is 16.2. The van der Waals surface area contributed by atoms with Gasteiger partial charge in [0, 0.05) is 26.1 Å². The predicted octanol–water partition coefficient (Wildman–Crippen LogP) is 2.72. The molecule has 0 saturated carbocycles. The fourth-order valence-corrected chi connectivity index (χ4v) is 4.09. The van der Waals surface area contributed by atoms with Crippen molar-refractivity contribution in [3.05, 3.63) is 65.7 Å². The van der Waals surface area contributed by atoms with Gasteiger partial charge in [-0.05, 0) is 42.5 Å². The average Bonchev–Trinajstić information content (AvgIpc) is 3.21. The first-order valence-electron chi connectivity index (χ1n) is 8.95. The lowest BCUT2D eigenvalue weighted by Crippen LogP contribution is -2.27. The van der Waals surface area contributed by atoms with Gasteiger partial charge in [0.15, 0.2) is 0 Å². The molecule has 138 valence electrons. The van der Waals surface area contributed by atoms with Gasteiger partial charge in [-0.25, -0.2) is 13.1 Å². The van der Waals surface area contributed by atoms with Crippen LogP contribution in [0.1, 0.15) is 30.4 Å². The van der Waals surface area contributed by atoms with Crippen molar-refractivity contribution in [1.29, 1.82) is 0 Å². The van der Waals surface area contributed by atoms with E-state index in [0.29, 0.717) is 12.8 Å². The number of benzene rings is 2. The number of nitrogens with zero attached hydrogens (tertiary/aromatic N) is 1. The Balaban J connectivity index is 1.55. The van der Waals surface area contributed by atoms with Gasteiger partial charge >= 0.3 is 0 Å². The van der Waals surface area contributed by atoms with Gasteiger partial charge in [0.25, 0.3) is 0 Å². The number of sulfonamides is 1. The standard InChI is InChI=1S/C20H24N2O3S/c23-20(22-14-4-5-15-22)13-10-17-8-11-19(12-9-17)26(24,25)21-16-18-6-2-1-3-7-18/h1-3,6-9,11-12,21H,4-5,10,13-16H2. The SMILES string of the molecule is O=C(CCc1ccc(S(=O)(=O)NCc2ccccc2)cc1)N1CCCC1. The second-order valence-corrected chi connectivity index (χ2v) is 8.31. The summed E-state index contributed by atoms with van der Waals surface area (Å²) in [5.41, 5.74) is 1.88. The zero-order chi connectivity index (χ0) is 18.4. The molecule has 1 N–H and O–H groups in total. The van der Waals surface area contributed by atoms with E-state index in [-0.39, 0.29) is 17.3 Å². The minimum atomic E-state index is -3.54. The smallest absolute Gasteiger partial charge is 0.240 e. The third-order valence-corrected chi connectivity index (χ3v) is 6.05. The van der Waals surface area contributed by atoms with Crippen molar-refractivity contribution >= 4 is 15.9 Å². The van der Waals surface area contributed by atoms with Crippen LogP contribution in [0.5, 0.6) is 0 Å². The second-order valence-electron chi connectivity index (χ2n) is 6.54. The molecule has 0 bridgehead atoms. The van der Waals surface area contributed by atoms with E-state index in [0.717, 1.165) is 37.1 Å². The van der Waals surface area contributed by atoms with Crippen molar-refractivity contribution in [3.8, 4) is 0 Å². The summed E-state index contributed by atoms with van der Waals surface area (Å²) in [4.78, 5) is 14.2. The second kappa shape index (κ2) is 8.47. The van der Waals surface area contributed by atoms with E-state index in [1.807, 2.05) is 35.2 Å². The van der Waals surface area contributed by atoms with Crippen molar-refractivity contribution in [2.45, 2.75) is 37.1 Å². The highest BCUT2D eigenvalue weighted by Crippen LogP contribution is 2.14. The maximum Gasteiger partial charge on any atom is 0.240 e. The third-order valence-electron chi connectivity index (χ3n) is 4.63. The molecule has 1 aliphatic rings. The Morgan fingerprint density at radius 1 is 0.923 bits per heavy atom. The highest BCUT2D eigenvalue weighted by atomic mass is 32.2. The van der Waals surface area contributed by atoms with Crippen LogP contribution in [0, 0.1) is 0 Å². The topological polar surface area (TPSA) is 66.5 Å². The summed E-state index contributed by atoms with van der Waals surface area (Å²) in [6.07, 6.45) is 3.29. The minimum absolute atomic E-state index is 0.184. The molecular weight excluding hydrogens is 348 g/mol. The summed E-state index contributed by atoms with van der Waals surface area (Å²) in [6.45, 7) is 1.99. The van der Waals surface area contributed by atoms with Gasteiger partial charge in [-0.2, -0.15) is 0 Å². The first-order chi connectivity index (χ1) is 12.5. The molecule has 0 aliphatic carbocycles. The van der Waals surface area contributed by atoms with E-state index in [9.17, 15) is 13.2 Å². The minimum Gasteiger partial charge on any atom is -0.343 e. The third kappa shape index (κ3) is 4.93. The Bertz CT molecular complexity index is 827. The summed E-state index contributed by atoms with van der Waals surface area (Å²) >= 11 is 0. The monoisotopic (exact) mass is 372 g/mol. The number of carbonyl (C=O) groups excluding carboxylic acids is 1. The Hall–Kier alpha value is -2.18. The Labute approximate surface area is 155 Å². The van der Waals surface area contributed by atoms with Crippen LogP contribution in [0.25, 0.3) is 0 Å². The van der Waals surface area contributed by atoms with Gasteiger partial charge < -0.3 is 4.90 Å². The van der Waals surface area contributed by atoms with Crippen molar-refractivity contribution in [1.82, 2.24) is 9.62 Å². The number of hydrogen-bond donors (Lipinski definition) is 1. The number of aryl methyl sites for hydroxylation is 1. The molecule has 3 rings (SSSR count). The van der Waals surface area contributed by atoms with E-state index < -0.39 is 10.0 Å². The van der Waals surface area contributed by atoms with Crippen molar-refractivity contribution in [3.63, 3.8) is 0 Å². The predicted molar refractivity (Wildman–Crippen MR) is 101 cm³/mol. The van der Waals surface area contributed by atoms with Crippen LogP contribution in [-0.2, 0) is 27.8 Å². The molecule has 0 spiro atoms. The van der Waals surface area contributed by atoms with Crippen molar-refractivity contribution < 1.29 is 13.2 Å². The van der Waals surface area contributed by atoms with Gasteiger partial charge in [0.1, 0.15) is 0 Å². The lowest BCUT2D eigenvalue weighted by molar-refractivity contribution is -0.130. The quantitative estimate of drug-likeness (QED) is 0.813. The zero-order valence-corrected chi connectivity index (χ0v) is 15.5. The fourth-order valence-electron chi connectivity index (χ4n) is 3.07. The highest BCUT2D eigenvalue weighted by Gasteiger charge is 2.18. The molecule has 6 heteroatoms. The van der Waals surface area contributed by atoms with Gasteiger partial charge in [0.05, 0.1) is 4.90 Å². The molecule has 0 radical (unpaired) electrons. The number of hydrogen-bond acceptors (Lipinski definition) is 3. The Morgan fingerprint density at radius 3 is 2.23 bits per heavy atom. The van der Waals surface area contributed by atoms with Crippen molar-refractivity contribution in [2.75, 3.05) is 13.1 Å². The molecule has 5 nitrogen and oxygen atoms in total. The molecule has 1 aliphatic heterocycles. The molecule has 1 saturated heterocycles. The van der Waals surface area contributed by atoms with E-state index >= 15 is 0 Å². The van der Waals surface area contributed by atoms with Crippen LogP contribution < -0.4 is 4.72 Å². The maximum absolute atomic E-state index is 12.4.